The Bertz CT molecular complexity index is 569. The Kier molecular flexibility index (Phi) is 4.57. The Balaban J connectivity index is 2.01. The molecule has 0 fully saturated rings. The summed E-state index contributed by atoms with van der Waals surface area (Å²) in [7, 11) is 0. The first-order valence-corrected chi connectivity index (χ1v) is 6.97. The van der Waals surface area contributed by atoms with Gasteiger partial charge in [0.1, 0.15) is 0 Å². The van der Waals surface area contributed by atoms with E-state index >= 15 is 0 Å². The first-order valence-electron chi connectivity index (χ1n) is 5.99. The minimum Gasteiger partial charge on any atom is -0.411 e. The number of rotatable bonds is 5. The molecule has 0 aliphatic heterocycles. The van der Waals surface area contributed by atoms with Crippen LogP contribution < -0.4 is 5.32 Å². The van der Waals surface area contributed by atoms with Crippen LogP contribution in [0.1, 0.15) is 12.5 Å². The first-order chi connectivity index (χ1) is 9.19. The van der Waals surface area contributed by atoms with Crippen LogP contribution in [-0.4, -0.2) is 28.4 Å². The van der Waals surface area contributed by atoms with Gasteiger partial charge in [-0.15, -0.1) is 10.2 Å². The normalized spacial score (nSPS) is 10.4. The number of aromatic nitrogens is 2. The molecular weight excluding hydrogens is 262 g/mol. The molecule has 2 rings (SSSR count). The van der Waals surface area contributed by atoms with Crippen molar-refractivity contribution in [3.8, 4) is 11.5 Å². The summed E-state index contributed by atoms with van der Waals surface area (Å²) in [5, 5.41) is 11.0. The van der Waals surface area contributed by atoms with Gasteiger partial charge >= 0.3 is 0 Å². The second-order valence-electron chi connectivity index (χ2n) is 3.98. The summed E-state index contributed by atoms with van der Waals surface area (Å²) in [5.41, 5.74) is 2.02. The van der Waals surface area contributed by atoms with Crippen LogP contribution in [0.3, 0.4) is 0 Å². The highest BCUT2D eigenvalue weighted by Gasteiger charge is 2.10. The Hall–Kier alpha value is -1.82. The third kappa shape index (κ3) is 3.82. The zero-order valence-corrected chi connectivity index (χ0v) is 11.7. The van der Waals surface area contributed by atoms with E-state index in [-0.39, 0.29) is 11.7 Å². The fourth-order valence-corrected chi connectivity index (χ4v) is 2.13. The highest BCUT2D eigenvalue weighted by Crippen LogP contribution is 2.23. The minimum absolute atomic E-state index is 0.0391. The molecule has 1 heterocycles. The summed E-state index contributed by atoms with van der Waals surface area (Å²) in [4.78, 5) is 11.3. The molecule has 0 radical (unpaired) electrons. The van der Waals surface area contributed by atoms with E-state index in [4.69, 9.17) is 4.42 Å². The molecule has 1 amide bonds. The van der Waals surface area contributed by atoms with Crippen LogP contribution in [0.4, 0.5) is 0 Å². The Morgan fingerprint density at radius 1 is 1.42 bits per heavy atom. The molecule has 1 N–H and O–H groups in total. The summed E-state index contributed by atoms with van der Waals surface area (Å²) in [6.07, 6.45) is 0. The van der Waals surface area contributed by atoms with Crippen LogP contribution >= 0.6 is 11.8 Å². The molecule has 0 unspecified atom stereocenters. The lowest BCUT2D eigenvalue weighted by atomic mass is 10.1. The molecular formula is C13H15N3O2S. The Morgan fingerprint density at radius 2 is 2.26 bits per heavy atom. The van der Waals surface area contributed by atoms with Gasteiger partial charge < -0.3 is 9.73 Å². The van der Waals surface area contributed by atoms with Crippen molar-refractivity contribution in [2.45, 2.75) is 19.1 Å². The Morgan fingerprint density at radius 3 is 3.00 bits per heavy atom. The van der Waals surface area contributed by atoms with Crippen molar-refractivity contribution in [2.24, 2.45) is 0 Å². The van der Waals surface area contributed by atoms with Crippen molar-refractivity contribution in [3.63, 3.8) is 0 Å². The van der Waals surface area contributed by atoms with Gasteiger partial charge in [-0.05, 0) is 26.0 Å². The number of nitrogens with one attached hydrogen (secondary N) is 1. The van der Waals surface area contributed by atoms with Crippen molar-refractivity contribution in [1.29, 1.82) is 0 Å². The quantitative estimate of drug-likeness (QED) is 0.849. The molecule has 0 bridgehead atoms. The average molecular weight is 277 g/mol. The van der Waals surface area contributed by atoms with Gasteiger partial charge in [0.05, 0.1) is 5.75 Å². The summed E-state index contributed by atoms with van der Waals surface area (Å²) in [5.74, 6) is 0.716. The van der Waals surface area contributed by atoms with E-state index in [2.05, 4.69) is 15.5 Å². The zero-order chi connectivity index (χ0) is 13.7. The monoisotopic (exact) mass is 277 g/mol. The van der Waals surface area contributed by atoms with E-state index < -0.39 is 0 Å². The molecule has 1 aromatic heterocycles. The second-order valence-corrected chi connectivity index (χ2v) is 4.91. The maximum Gasteiger partial charge on any atom is 0.277 e. The fourth-order valence-electron chi connectivity index (χ4n) is 1.54. The molecule has 19 heavy (non-hydrogen) atoms. The number of carbonyl (C=O) groups is 1. The molecule has 1 aromatic carbocycles. The van der Waals surface area contributed by atoms with E-state index in [1.807, 2.05) is 38.1 Å². The molecule has 100 valence electrons. The predicted molar refractivity (Wildman–Crippen MR) is 73.9 cm³/mol. The third-order valence-corrected chi connectivity index (χ3v) is 3.19. The number of nitrogens with zero attached hydrogens (tertiary/aromatic N) is 2. The zero-order valence-electron chi connectivity index (χ0n) is 10.8. The minimum atomic E-state index is -0.0391. The maximum absolute atomic E-state index is 11.3. The van der Waals surface area contributed by atoms with Crippen LogP contribution in [0.25, 0.3) is 11.5 Å². The van der Waals surface area contributed by atoms with E-state index in [0.717, 1.165) is 11.1 Å². The van der Waals surface area contributed by atoms with E-state index in [1.165, 1.54) is 11.8 Å². The molecule has 0 saturated heterocycles. The maximum atomic E-state index is 11.3. The van der Waals surface area contributed by atoms with Gasteiger partial charge in [-0.3, -0.25) is 4.79 Å². The smallest absolute Gasteiger partial charge is 0.277 e. The molecule has 0 aliphatic carbocycles. The first kappa shape index (κ1) is 13.6. The van der Waals surface area contributed by atoms with Crippen molar-refractivity contribution in [1.82, 2.24) is 15.5 Å². The topological polar surface area (TPSA) is 68.0 Å². The van der Waals surface area contributed by atoms with Gasteiger partial charge in [-0.1, -0.05) is 29.5 Å². The summed E-state index contributed by atoms with van der Waals surface area (Å²) in [6, 6.07) is 7.84. The summed E-state index contributed by atoms with van der Waals surface area (Å²) < 4.78 is 5.51. The van der Waals surface area contributed by atoms with Crippen LogP contribution in [0.5, 0.6) is 0 Å². The number of benzene rings is 1. The van der Waals surface area contributed by atoms with E-state index in [9.17, 15) is 4.79 Å². The second kappa shape index (κ2) is 6.38. The lowest BCUT2D eigenvalue weighted by Crippen LogP contribution is -2.24. The lowest BCUT2D eigenvalue weighted by molar-refractivity contribution is -0.118. The number of hydrogen-bond acceptors (Lipinski definition) is 5. The number of aryl methyl sites for hydroxylation is 1. The lowest BCUT2D eigenvalue weighted by Gasteiger charge is -1.98. The number of hydrogen-bond donors (Lipinski definition) is 1. The summed E-state index contributed by atoms with van der Waals surface area (Å²) >= 11 is 1.24. The highest BCUT2D eigenvalue weighted by molar-refractivity contribution is 7.99. The van der Waals surface area contributed by atoms with Gasteiger partial charge in [0.25, 0.3) is 5.22 Å². The fraction of sp³-hybridized carbons (Fsp3) is 0.308. The van der Waals surface area contributed by atoms with Crippen LogP contribution in [-0.2, 0) is 4.79 Å². The van der Waals surface area contributed by atoms with Crippen LogP contribution in [0.15, 0.2) is 33.9 Å². The van der Waals surface area contributed by atoms with Crippen molar-refractivity contribution in [3.05, 3.63) is 29.8 Å². The number of amides is 1. The molecule has 0 spiro atoms. The molecule has 0 saturated carbocycles. The molecule has 0 atom stereocenters. The molecule has 6 heteroatoms. The van der Waals surface area contributed by atoms with Gasteiger partial charge in [0, 0.05) is 12.1 Å². The van der Waals surface area contributed by atoms with Crippen LogP contribution in [0, 0.1) is 6.92 Å². The highest BCUT2D eigenvalue weighted by atomic mass is 32.2. The van der Waals surface area contributed by atoms with Gasteiger partial charge in [-0.25, -0.2) is 0 Å². The molecule has 2 aromatic rings. The summed E-state index contributed by atoms with van der Waals surface area (Å²) in [6.45, 7) is 4.51. The van der Waals surface area contributed by atoms with Gasteiger partial charge in [0.2, 0.25) is 11.8 Å². The average Bonchev–Trinajstić information content (AvgIpc) is 2.85. The molecule has 5 nitrogen and oxygen atoms in total. The van der Waals surface area contributed by atoms with Crippen molar-refractivity contribution >= 4 is 17.7 Å². The number of thioether (sulfide) groups is 1. The van der Waals surface area contributed by atoms with Crippen LogP contribution in [0.2, 0.25) is 0 Å². The largest absolute Gasteiger partial charge is 0.411 e. The SMILES string of the molecule is CCNC(=O)CSc1nnc(-c2cccc(C)c2)o1. The van der Waals surface area contributed by atoms with Gasteiger partial charge in [0.15, 0.2) is 0 Å². The number of carbonyl (C=O) groups excluding carboxylic acids is 1. The van der Waals surface area contributed by atoms with E-state index in [1.54, 1.807) is 0 Å². The molecule has 0 aliphatic rings. The van der Waals surface area contributed by atoms with Gasteiger partial charge in [-0.2, -0.15) is 0 Å². The van der Waals surface area contributed by atoms with Crippen molar-refractivity contribution < 1.29 is 9.21 Å². The van der Waals surface area contributed by atoms with E-state index in [0.29, 0.717) is 17.7 Å². The predicted octanol–water partition coefficient (Wildman–Crippen LogP) is 2.27. The standard InChI is InChI=1S/C13H15N3O2S/c1-3-14-11(17)8-19-13-16-15-12(18-13)10-6-4-5-9(2)7-10/h4-7H,3,8H2,1-2H3,(H,14,17). The van der Waals surface area contributed by atoms with Crippen molar-refractivity contribution in [2.75, 3.05) is 12.3 Å². The Labute approximate surface area is 115 Å². The third-order valence-electron chi connectivity index (χ3n) is 2.37.